The number of rotatable bonds is 6. The van der Waals surface area contributed by atoms with Gasteiger partial charge in [-0.15, -0.1) is 13.2 Å². The highest BCUT2D eigenvalue weighted by Crippen LogP contribution is 2.42. The smallest absolute Gasteiger partial charge is 0.491 e. The normalized spacial score (nSPS) is 11.9. The third kappa shape index (κ3) is 4.39. The Morgan fingerprint density at radius 3 is 2.53 bits per heavy atom. The van der Waals surface area contributed by atoms with Crippen molar-refractivity contribution in [3.05, 3.63) is 71.1 Å². The lowest BCUT2D eigenvalue weighted by Gasteiger charge is -2.11. The Balaban J connectivity index is 1.71. The third-order valence-electron chi connectivity index (χ3n) is 5.40. The summed E-state index contributed by atoms with van der Waals surface area (Å²) in [6.07, 6.45) is -4.88. The fourth-order valence-corrected chi connectivity index (χ4v) is 4.12. The van der Waals surface area contributed by atoms with Gasteiger partial charge in [-0.05, 0) is 56.3 Å². The molecule has 0 atom stereocenters. The first-order chi connectivity index (χ1) is 17.1. The molecule has 0 N–H and O–H groups in total. The first kappa shape index (κ1) is 23.8. The molecule has 186 valence electrons. The Morgan fingerprint density at radius 1 is 1.00 bits per heavy atom. The maximum Gasteiger partial charge on any atom is 0.573 e. The fourth-order valence-electron chi connectivity index (χ4n) is 3.96. The summed E-state index contributed by atoms with van der Waals surface area (Å²) < 4.78 is 75.4. The van der Waals surface area contributed by atoms with E-state index in [0.29, 0.717) is 38.4 Å². The molecule has 0 fully saturated rings. The van der Waals surface area contributed by atoms with Gasteiger partial charge in [0.25, 0.3) is 0 Å². The highest BCUT2D eigenvalue weighted by Gasteiger charge is 2.32. The Labute approximate surface area is 206 Å². The summed E-state index contributed by atoms with van der Waals surface area (Å²) in [7, 11) is 0. The summed E-state index contributed by atoms with van der Waals surface area (Å²) in [5.74, 6) is -0.188. The molecule has 3 aromatic carbocycles. The molecular weight excluding hydrogens is 504 g/mol. The van der Waals surface area contributed by atoms with Crippen LogP contribution < -0.4 is 14.2 Å². The SMILES string of the molecule is CCOc1cc(Oc2c(C)n(-c3noc4cc(Cl)ccc34)c3ccc(OC(F)(F)F)cc23)ccc1F. The highest BCUT2D eigenvalue weighted by molar-refractivity contribution is 6.31. The first-order valence-electron chi connectivity index (χ1n) is 10.7. The summed E-state index contributed by atoms with van der Waals surface area (Å²) in [4.78, 5) is 0. The first-order valence-corrected chi connectivity index (χ1v) is 11.1. The molecule has 0 radical (unpaired) electrons. The standard InChI is InChI=1S/C25H17ClF4N2O4/c1-3-33-22-12-15(5-8-19(22)27)34-23-13(2)32(24-17-7-4-14(26)10-21(17)36-31-24)20-9-6-16(11-18(20)23)35-25(28,29)30/h4-12H,3H2,1-2H3. The number of benzene rings is 3. The molecule has 6 nitrogen and oxygen atoms in total. The van der Waals surface area contributed by atoms with Gasteiger partial charge in [0.2, 0.25) is 0 Å². The second-order valence-corrected chi connectivity index (χ2v) is 8.19. The molecule has 0 spiro atoms. The summed E-state index contributed by atoms with van der Waals surface area (Å²) in [5, 5.41) is 5.55. The number of nitrogens with zero attached hydrogens (tertiary/aromatic N) is 2. The van der Waals surface area contributed by atoms with Gasteiger partial charge in [-0.3, -0.25) is 4.57 Å². The van der Waals surface area contributed by atoms with Crippen molar-refractivity contribution in [2.75, 3.05) is 6.61 Å². The minimum atomic E-state index is -4.88. The summed E-state index contributed by atoms with van der Waals surface area (Å²) >= 11 is 6.05. The second-order valence-electron chi connectivity index (χ2n) is 7.75. The van der Waals surface area contributed by atoms with Crippen LogP contribution in [0.1, 0.15) is 12.6 Å². The molecule has 11 heteroatoms. The van der Waals surface area contributed by atoms with Crippen LogP contribution in [-0.4, -0.2) is 22.7 Å². The Hall–Kier alpha value is -3.92. The number of ether oxygens (including phenoxy) is 3. The second kappa shape index (κ2) is 8.94. The van der Waals surface area contributed by atoms with Crippen LogP contribution in [0.4, 0.5) is 17.6 Å². The topological polar surface area (TPSA) is 58.7 Å². The van der Waals surface area contributed by atoms with Gasteiger partial charge in [-0.25, -0.2) is 4.39 Å². The molecule has 5 aromatic rings. The van der Waals surface area contributed by atoms with Crippen molar-refractivity contribution in [2.45, 2.75) is 20.2 Å². The molecule has 0 unspecified atom stereocenters. The molecule has 2 aromatic heterocycles. The zero-order valence-corrected chi connectivity index (χ0v) is 19.6. The minimum Gasteiger partial charge on any atom is -0.491 e. The lowest BCUT2D eigenvalue weighted by molar-refractivity contribution is -0.274. The molecule has 0 aliphatic rings. The number of hydrogen-bond acceptors (Lipinski definition) is 5. The predicted molar refractivity (Wildman–Crippen MR) is 125 cm³/mol. The van der Waals surface area contributed by atoms with Crippen LogP contribution in [0.5, 0.6) is 23.0 Å². The van der Waals surface area contributed by atoms with Gasteiger partial charge in [0.15, 0.2) is 28.7 Å². The van der Waals surface area contributed by atoms with Gasteiger partial charge in [-0.2, -0.15) is 0 Å². The van der Waals surface area contributed by atoms with E-state index >= 15 is 0 Å². The van der Waals surface area contributed by atoms with Crippen molar-refractivity contribution >= 4 is 33.5 Å². The molecule has 0 aliphatic heterocycles. The van der Waals surface area contributed by atoms with Gasteiger partial charge in [0, 0.05) is 22.5 Å². The van der Waals surface area contributed by atoms with Crippen LogP contribution in [0.25, 0.3) is 27.7 Å². The quantitative estimate of drug-likeness (QED) is 0.213. The number of fused-ring (bicyclic) bond motifs is 2. The van der Waals surface area contributed by atoms with E-state index in [1.165, 1.54) is 36.4 Å². The maximum absolute atomic E-state index is 14.1. The summed E-state index contributed by atoms with van der Waals surface area (Å²) in [6, 6.07) is 12.8. The van der Waals surface area contributed by atoms with Crippen LogP contribution in [-0.2, 0) is 0 Å². The largest absolute Gasteiger partial charge is 0.573 e. The third-order valence-corrected chi connectivity index (χ3v) is 5.64. The summed E-state index contributed by atoms with van der Waals surface area (Å²) in [6.45, 7) is 3.66. The predicted octanol–water partition coefficient (Wildman–Crippen LogP) is 7.96. The highest BCUT2D eigenvalue weighted by atomic mass is 35.5. The maximum atomic E-state index is 14.1. The molecule has 0 saturated carbocycles. The Morgan fingerprint density at radius 2 is 1.78 bits per heavy atom. The van der Waals surface area contributed by atoms with E-state index < -0.39 is 17.9 Å². The van der Waals surface area contributed by atoms with Crippen molar-refractivity contribution in [1.29, 1.82) is 0 Å². The van der Waals surface area contributed by atoms with E-state index in [0.717, 1.165) is 0 Å². The average molecular weight is 521 g/mol. The zero-order valence-electron chi connectivity index (χ0n) is 18.8. The molecule has 0 bridgehead atoms. The van der Waals surface area contributed by atoms with E-state index in [2.05, 4.69) is 9.89 Å². The van der Waals surface area contributed by atoms with Crippen molar-refractivity contribution < 1.29 is 36.3 Å². The molecule has 5 rings (SSSR count). The van der Waals surface area contributed by atoms with Crippen molar-refractivity contribution in [3.63, 3.8) is 0 Å². The molecule has 0 amide bonds. The molecule has 0 saturated heterocycles. The van der Waals surface area contributed by atoms with Crippen LogP contribution in [0.2, 0.25) is 5.02 Å². The number of aromatic nitrogens is 2. The van der Waals surface area contributed by atoms with Gasteiger partial charge >= 0.3 is 6.36 Å². The van der Waals surface area contributed by atoms with Crippen molar-refractivity contribution in [3.8, 4) is 28.8 Å². The summed E-state index contributed by atoms with van der Waals surface area (Å²) in [5.41, 5.74) is 1.41. The Bertz CT molecular complexity index is 1590. The molecular formula is C25H17ClF4N2O4. The van der Waals surface area contributed by atoms with E-state index in [-0.39, 0.29) is 23.9 Å². The van der Waals surface area contributed by atoms with Crippen molar-refractivity contribution in [1.82, 2.24) is 9.72 Å². The average Bonchev–Trinajstić information content (AvgIpc) is 3.33. The van der Waals surface area contributed by atoms with E-state index in [1.54, 1.807) is 36.6 Å². The van der Waals surface area contributed by atoms with E-state index in [9.17, 15) is 17.6 Å². The van der Waals surface area contributed by atoms with Crippen molar-refractivity contribution in [2.24, 2.45) is 0 Å². The van der Waals surface area contributed by atoms with Gasteiger partial charge < -0.3 is 18.7 Å². The minimum absolute atomic E-state index is 0.0168. The number of halogens is 5. The fraction of sp³-hybridized carbons (Fsp3) is 0.160. The molecule has 2 heterocycles. The lowest BCUT2D eigenvalue weighted by atomic mass is 10.2. The Kier molecular flexibility index (Phi) is 5.91. The monoisotopic (exact) mass is 520 g/mol. The number of hydrogen-bond donors (Lipinski definition) is 0. The van der Waals surface area contributed by atoms with Crippen LogP contribution in [0.3, 0.4) is 0 Å². The van der Waals surface area contributed by atoms with Gasteiger partial charge in [0.05, 0.1) is 23.2 Å². The number of alkyl halides is 3. The zero-order chi connectivity index (χ0) is 25.6. The molecule has 36 heavy (non-hydrogen) atoms. The van der Waals surface area contributed by atoms with Crippen LogP contribution >= 0.6 is 11.6 Å². The van der Waals surface area contributed by atoms with Gasteiger partial charge in [0.1, 0.15) is 11.5 Å². The van der Waals surface area contributed by atoms with E-state index in [4.69, 9.17) is 25.6 Å². The lowest BCUT2D eigenvalue weighted by Crippen LogP contribution is -2.17. The van der Waals surface area contributed by atoms with Gasteiger partial charge in [-0.1, -0.05) is 16.8 Å². The van der Waals surface area contributed by atoms with Crippen LogP contribution in [0.15, 0.2) is 59.1 Å². The van der Waals surface area contributed by atoms with Crippen LogP contribution in [0, 0.1) is 12.7 Å². The molecule has 0 aliphatic carbocycles. The van der Waals surface area contributed by atoms with E-state index in [1.807, 2.05) is 0 Å².